The minimum Gasteiger partial charge on any atom is -0.508 e. The minimum absolute atomic E-state index is 0.119. The first-order chi connectivity index (χ1) is 9.47. The molecule has 0 aliphatic carbocycles. The number of benzene rings is 1. The van der Waals surface area contributed by atoms with Crippen LogP contribution in [0.2, 0.25) is 0 Å². The largest absolute Gasteiger partial charge is 0.508 e. The van der Waals surface area contributed by atoms with Crippen LogP contribution in [0.15, 0.2) is 24.3 Å². The molecule has 2 amide bonds. The molecule has 1 fully saturated rings. The van der Waals surface area contributed by atoms with Crippen molar-refractivity contribution in [3.63, 3.8) is 0 Å². The molecule has 1 aliphatic heterocycles. The average molecular weight is 293 g/mol. The fourth-order valence-corrected chi connectivity index (χ4v) is 2.10. The molecule has 0 saturated carbocycles. The predicted octanol–water partition coefficient (Wildman–Crippen LogP) is 0.244. The molecule has 1 aromatic carbocycles. The highest BCUT2D eigenvalue weighted by Crippen LogP contribution is 2.20. The van der Waals surface area contributed by atoms with Gasteiger partial charge in [-0.2, -0.15) is 0 Å². The van der Waals surface area contributed by atoms with E-state index in [2.05, 4.69) is 0 Å². The molecular formula is C13H15N3O3S. The number of nitrogens with two attached hydrogens (primary N) is 1. The summed E-state index contributed by atoms with van der Waals surface area (Å²) in [6, 6.07) is 6.37. The third-order valence-electron chi connectivity index (χ3n) is 3.05. The lowest BCUT2D eigenvalue weighted by atomic mass is 10.2. The molecule has 0 aromatic heterocycles. The van der Waals surface area contributed by atoms with Gasteiger partial charge in [0.05, 0.1) is 18.1 Å². The monoisotopic (exact) mass is 293 g/mol. The highest BCUT2D eigenvalue weighted by molar-refractivity contribution is 7.80. The summed E-state index contributed by atoms with van der Waals surface area (Å²) >= 11 is 4.75. The molecule has 106 valence electrons. The maximum Gasteiger partial charge on any atom is 0.248 e. The number of hydrogen-bond acceptors (Lipinski definition) is 5. The van der Waals surface area contributed by atoms with E-state index in [-0.39, 0.29) is 42.2 Å². The average Bonchev–Trinajstić information content (AvgIpc) is 2.38. The van der Waals surface area contributed by atoms with Gasteiger partial charge in [-0.3, -0.25) is 14.5 Å². The zero-order valence-electron chi connectivity index (χ0n) is 10.8. The van der Waals surface area contributed by atoms with Crippen molar-refractivity contribution >= 4 is 34.7 Å². The summed E-state index contributed by atoms with van der Waals surface area (Å²) in [6.45, 7) is 0.470. The van der Waals surface area contributed by atoms with Gasteiger partial charge in [-0.05, 0) is 24.3 Å². The highest BCUT2D eigenvalue weighted by Gasteiger charge is 2.30. The molecule has 2 rings (SSSR count). The number of piperazine rings is 1. The van der Waals surface area contributed by atoms with E-state index in [0.29, 0.717) is 6.42 Å². The number of carbonyl (C=O) groups is 2. The van der Waals surface area contributed by atoms with E-state index in [1.54, 1.807) is 17.0 Å². The maximum atomic E-state index is 12.0. The van der Waals surface area contributed by atoms with Crippen LogP contribution in [0.25, 0.3) is 0 Å². The van der Waals surface area contributed by atoms with Crippen molar-refractivity contribution in [2.45, 2.75) is 6.42 Å². The summed E-state index contributed by atoms with van der Waals surface area (Å²) in [4.78, 5) is 27.1. The Morgan fingerprint density at radius 3 is 2.25 bits per heavy atom. The number of phenols is 1. The molecule has 0 bridgehead atoms. The third kappa shape index (κ3) is 3.24. The van der Waals surface area contributed by atoms with Gasteiger partial charge in [0, 0.05) is 18.7 Å². The van der Waals surface area contributed by atoms with E-state index >= 15 is 0 Å². The van der Waals surface area contributed by atoms with Crippen molar-refractivity contribution in [2.75, 3.05) is 24.5 Å². The van der Waals surface area contributed by atoms with Crippen LogP contribution < -0.4 is 10.6 Å². The predicted molar refractivity (Wildman–Crippen MR) is 78.4 cm³/mol. The van der Waals surface area contributed by atoms with E-state index in [9.17, 15) is 14.7 Å². The van der Waals surface area contributed by atoms with Crippen molar-refractivity contribution in [3.8, 4) is 5.75 Å². The number of aromatic hydroxyl groups is 1. The Labute approximate surface area is 121 Å². The SMILES string of the molecule is NC(=S)CCN1C(=O)CN(c2ccc(O)cc2)CC1=O. The molecule has 0 atom stereocenters. The standard InChI is InChI=1S/C13H15N3O3S/c14-11(20)5-6-16-12(18)7-15(8-13(16)19)9-1-3-10(17)4-2-9/h1-4,17H,5-8H2,(H2,14,20). The Bertz CT molecular complexity index is 526. The molecule has 0 spiro atoms. The van der Waals surface area contributed by atoms with Crippen LogP contribution in [0.5, 0.6) is 5.75 Å². The van der Waals surface area contributed by atoms with Crippen molar-refractivity contribution < 1.29 is 14.7 Å². The Kier molecular flexibility index (Phi) is 4.19. The fraction of sp³-hybridized carbons (Fsp3) is 0.308. The number of amides is 2. The van der Waals surface area contributed by atoms with Crippen molar-refractivity contribution in [2.24, 2.45) is 5.73 Å². The molecule has 0 unspecified atom stereocenters. The molecule has 1 saturated heterocycles. The Balaban J connectivity index is 2.05. The zero-order valence-corrected chi connectivity index (χ0v) is 11.6. The number of carbonyl (C=O) groups excluding carboxylic acids is 2. The Morgan fingerprint density at radius 1 is 1.20 bits per heavy atom. The second-order valence-corrected chi connectivity index (χ2v) is 5.05. The quantitative estimate of drug-likeness (QED) is 0.611. The summed E-state index contributed by atoms with van der Waals surface area (Å²) in [7, 11) is 0. The van der Waals surface area contributed by atoms with Gasteiger partial charge in [-0.25, -0.2) is 0 Å². The van der Waals surface area contributed by atoms with Crippen molar-refractivity contribution in [1.29, 1.82) is 0 Å². The molecule has 1 heterocycles. The number of rotatable bonds is 4. The van der Waals surface area contributed by atoms with Gasteiger partial charge in [0.15, 0.2) is 0 Å². The van der Waals surface area contributed by atoms with Crippen LogP contribution in [0.1, 0.15) is 6.42 Å². The van der Waals surface area contributed by atoms with Gasteiger partial charge in [-0.15, -0.1) is 0 Å². The summed E-state index contributed by atoms with van der Waals surface area (Å²) in [5.74, 6) is -0.405. The Morgan fingerprint density at radius 2 is 1.75 bits per heavy atom. The van der Waals surface area contributed by atoms with Crippen LogP contribution in [-0.4, -0.2) is 46.4 Å². The zero-order chi connectivity index (χ0) is 14.7. The fourth-order valence-electron chi connectivity index (χ4n) is 2.01. The van der Waals surface area contributed by atoms with Crippen molar-refractivity contribution in [1.82, 2.24) is 4.90 Å². The van der Waals surface area contributed by atoms with Crippen LogP contribution in [0, 0.1) is 0 Å². The van der Waals surface area contributed by atoms with E-state index in [1.165, 1.54) is 17.0 Å². The summed E-state index contributed by atoms with van der Waals surface area (Å²) in [5.41, 5.74) is 6.10. The van der Waals surface area contributed by atoms with Crippen LogP contribution in [-0.2, 0) is 9.59 Å². The molecular weight excluding hydrogens is 278 g/mol. The normalized spacial score (nSPS) is 15.6. The second kappa shape index (κ2) is 5.87. The van der Waals surface area contributed by atoms with Crippen LogP contribution in [0.3, 0.4) is 0 Å². The molecule has 0 radical (unpaired) electrons. The van der Waals surface area contributed by atoms with E-state index in [4.69, 9.17) is 18.0 Å². The molecule has 3 N–H and O–H groups in total. The first-order valence-corrected chi connectivity index (χ1v) is 6.53. The second-order valence-electron chi connectivity index (χ2n) is 4.53. The van der Waals surface area contributed by atoms with Gasteiger partial charge in [0.2, 0.25) is 11.8 Å². The van der Waals surface area contributed by atoms with E-state index in [0.717, 1.165) is 5.69 Å². The number of imide groups is 1. The number of nitrogens with zero attached hydrogens (tertiary/aromatic N) is 2. The highest BCUT2D eigenvalue weighted by atomic mass is 32.1. The third-order valence-corrected chi connectivity index (χ3v) is 3.26. The van der Waals surface area contributed by atoms with Gasteiger partial charge in [0.25, 0.3) is 0 Å². The number of thiocarbonyl (C=S) groups is 1. The van der Waals surface area contributed by atoms with Crippen LogP contribution in [0.4, 0.5) is 5.69 Å². The summed E-state index contributed by atoms with van der Waals surface area (Å²) in [5, 5.41) is 9.24. The summed E-state index contributed by atoms with van der Waals surface area (Å²) in [6.07, 6.45) is 0.339. The van der Waals surface area contributed by atoms with Gasteiger partial charge >= 0.3 is 0 Å². The number of phenolic OH excluding ortho intramolecular Hbond substituents is 1. The van der Waals surface area contributed by atoms with E-state index in [1.807, 2.05) is 0 Å². The van der Waals surface area contributed by atoms with Gasteiger partial charge < -0.3 is 15.7 Å². The summed E-state index contributed by atoms with van der Waals surface area (Å²) < 4.78 is 0. The molecule has 7 heteroatoms. The van der Waals surface area contributed by atoms with Gasteiger partial charge in [0.1, 0.15) is 5.75 Å². The number of hydrogen-bond donors (Lipinski definition) is 2. The van der Waals surface area contributed by atoms with Gasteiger partial charge in [-0.1, -0.05) is 12.2 Å². The lowest BCUT2D eigenvalue weighted by Gasteiger charge is -2.33. The molecule has 20 heavy (non-hydrogen) atoms. The molecule has 6 nitrogen and oxygen atoms in total. The Hall–Kier alpha value is -2.15. The minimum atomic E-state index is -0.273. The van der Waals surface area contributed by atoms with E-state index < -0.39 is 0 Å². The lowest BCUT2D eigenvalue weighted by molar-refractivity contribution is -0.145. The smallest absolute Gasteiger partial charge is 0.248 e. The first kappa shape index (κ1) is 14.3. The first-order valence-electron chi connectivity index (χ1n) is 6.13. The topological polar surface area (TPSA) is 86.9 Å². The lowest BCUT2D eigenvalue weighted by Crippen LogP contribution is -2.54. The van der Waals surface area contributed by atoms with Crippen molar-refractivity contribution in [3.05, 3.63) is 24.3 Å². The molecule has 1 aromatic rings. The van der Waals surface area contributed by atoms with Crippen LogP contribution >= 0.6 is 12.2 Å². The number of anilines is 1. The maximum absolute atomic E-state index is 12.0. The molecule has 1 aliphatic rings.